The van der Waals surface area contributed by atoms with Gasteiger partial charge < -0.3 is 5.32 Å². The van der Waals surface area contributed by atoms with Gasteiger partial charge in [0.15, 0.2) is 0 Å². The fourth-order valence-electron chi connectivity index (χ4n) is 1.84. The monoisotopic (exact) mass is 445 g/mol. The number of benzene rings is 2. The maximum Gasteiger partial charge on any atom is 0.0634 e. The summed E-state index contributed by atoms with van der Waals surface area (Å²) in [6, 6.07) is 12.9. The standard InChI is InChI=1S/C15H14Br3N/c1-9-3-5-11(6-4-9)10(2)19-15-13(17)7-12(16)8-14(15)18/h3-8,10,19H,1-2H3. The molecule has 2 aromatic carbocycles. The van der Waals surface area contributed by atoms with Gasteiger partial charge in [0.2, 0.25) is 0 Å². The van der Waals surface area contributed by atoms with Crippen molar-refractivity contribution in [2.45, 2.75) is 19.9 Å². The lowest BCUT2D eigenvalue weighted by molar-refractivity contribution is 0.881. The first kappa shape index (κ1) is 15.1. The van der Waals surface area contributed by atoms with Gasteiger partial charge in [-0.3, -0.25) is 0 Å². The first-order chi connectivity index (χ1) is 8.97. The average molecular weight is 448 g/mol. The van der Waals surface area contributed by atoms with Gasteiger partial charge in [0.25, 0.3) is 0 Å². The Kier molecular flexibility index (Phi) is 5.09. The van der Waals surface area contributed by atoms with E-state index in [0.29, 0.717) is 0 Å². The van der Waals surface area contributed by atoms with Crippen molar-refractivity contribution in [1.82, 2.24) is 0 Å². The van der Waals surface area contributed by atoms with Crippen LogP contribution in [0.1, 0.15) is 24.1 Å². The predicted molar refractivity (Wildman–Crippen MR) is 92.8 cm³/mol. The quantitative estimate of drug-likeness (QED) is 0.569. The molecule has 1 unspecified atom stereocenters. The molecule has 0 spiro atoms. The van der Waals surface area contributed by atoms with Crippen LogP contribution in [0.3, 0.4) is 0 Å². The second kappa shape index (κ2) is 6.42. The van der Waals surface area contributed by atoms with Crippen LogP contribution in [0.25, 0.3) is 0 Å². The molecule has 0 radical (unpaired) electrons. The fourth-order valence-corrected chi connectivity index (χ4v) is 4.32. The van der Waals surface area contributed by atoms with Crippen molar-refractivity contribution in [3.8, 4) is 0 Å². The Balaban J connectivity index is 2.24. The molecule has 0 aromatic heterocycles. The van der Waals surface area contributed by atoms with E-state index in [0.717, 1.165) is 19.1 Å². The first-order valence-corrected chi connectivity index (χ1v) is 8.33. The highest BCUT2D eigenvalue weighted by atomic mass is 79.9. The van der Waals surface area contributed by atoms with E-state index in [4.69, 9.17) is 0 Å². The molecule has 0 aliphatic carbocycles. The van der Waals surface area contributed by atoms with Gasteiger partial charge in [0.1, 0.15) is 0 Å². The minimum atomic E-state index is 0.245. The van der Waals surface area contributed by atoms with Crippen molar-refractivity contribution in [2.75, 3.05) is 5.32 Å². The van der Waals surface area contributed by atoms with Crippen LogP contribution in [-0.4, -0.2) is 0 Å². The Morgan fingerprint density at radius 3 is 2.00 bits per heavy atom. The van der Waals surface area contributed by atoms with Crippen molar-refractivity contribution in [2.24, 2.45) is 0 Å². The second-order valence-corrected chi connectivity index (χ2v) is 7.15. The van der Waals surface area contributed by atoms with E-state index in [1.165, 1.54) is 11.1 Å². The van der Waals surface area contributed by atoms with E-state index in [9.17, 15) is 0 Å². The maximum absolute atomic E-state index is 3.59. The maximum atomic E-state index is 3.59. The summed E-state index contributed by atoms with van der Waals surface area (Å²) < 4.78 is 3.11. The molecule has 2 rings (SSSR count). The van der Waals surface area contributed by atoms with Gasteiger partial charge in [-0.15, -0.1) is 0 Å². The summed E-state index contributed by atoms with van der Waals surface area (Å²) in [4.78, 5) is 0. The highest BCUT2D eigenvalue weighted by Crippen LogP contribution is 2.36. The highest BCUT2D eigenvalue weighted by molar-refractivity contribution is 9.11. The molecule has 1 atom stereocenters. The van der Waals surface area contributed by atoms with Crippen LogP contribution in [0.2, 0.25) is 0 Å². The van der Waals surface area contributed by atoms with E-state index in [2.05, 4.69) is 91.2 Å². The molecular formula is C15H14Br3N. The Morgan fingerprint density at radius 1 is 0.947 bits per heavy atom. The molecule has 0 heterocycles. The number of aryl methyl sites for hydroxylation is 1. The molecule has 0 bridgehead atoms. The fraction of sp³-hybridized carbons (Fsp3) is 0.200. The van der Waals surface area contributed by atoms with Crippen LogP contribution in [-0.2, 0) is 0 Å². The third kappa shape index (κ3) is 3.83. The number of anilines is 1. The molecule has 0 saturated carbocycles. The zero-order valence-electron chi connectivity index (χ0n) is 10.7. The normalized spacial score (nSPS) is 12.3. The minimum absolute atomic E-state index is 0.245. The lowest BCUT2D eigenvalue weighted by Gasteiger charge is -2.18. The van der Waals surface area contributed by atoms with Gasteiger partial charge in [-0.25, -0.2) is 0 Å². The summed E-state index contributed by atoms with van der Waals surface area (Å²) in [6.07, 6.45) is 0. The SMILES string of the molecule is Cc1ccc(C(C)Nc2c(Br)cc(Br)cc2Br)cc1. The predicted octanol–water partition coefficient (Wildman–Crippen LogP) is 6.46. The molecule has 1 nitrogen and oxygen atoms in total. The average Bonchev–Trinajstić information content (AvgIpc) is 2.34. The largest absolute Gasteiger partial charge is 0.377 e. The number of rotatable bonds is 3. The lowest BCUT2D eigenvalue weighted by Crippen LogP contribution is -2.07. The van der Waals surface area contributed by atoms with E-state index in [-0.39, 0.29) is 6.04 Å². The summed E-state index contributed by atoms with van der Waals surface area (Å²) in [6.45, 7) is 4.26. The molecule has 4 heteroatoms. The number of halogens is 3. The summed E-state index contributed by atoms with van der Waals surface area (Å²) in [5, 5.41) is 3.53. The third-order valence-electron chi connectivity index (χ3n) is 2.95. The molecular weight excluding hydrogens is 434 g/mol. The zero-order chi connectivity index (χ0) is 14.0. The van der Waals surface area contributed by atoms with Crippen LogP contribution in [0.4, 0.5) is 5.69 Å². The highest BCUT2D eigenvalue weighted by Gasteiger charge is 2.11. The van der Waals surface area contributed by atoms with E-state index >= 15 is 0 Å². The van der Waals surface area contributed by atoms with Crippen LogP contribution < -0.4 is 5.32 Å². The van der Waals surface area contributed by atoms with Crippen molar-refractivity contribution in [1.29, 1.82) is 0 Å². The smallest absolute Gasteiger partial charge is 0.0634 e. The Morgan fingerprint density at radius 2 is 1.47 bits per heavy atom. The molecule has 0 aliphatic heterocycles. The third-order valence-corrected chi connectivity index (χ3v) is 4.65. The molecule has 0 saturated heterocycles. The Labute approximate surface area is 139 Å². The summed E-state index contributed by atoms with van der Waals surface area (Å²) in [7, 11) is 0. The summed E-state index contributed by atoms with van der Waals surface area (Å²) in [5.41, 5.74) is 3.62. The molecule has 2 aromatic rings. The van der Waals surface area contributed by atoms with Crippen LogP contribution >= 0.6 is 47.8 Å². The number of hydrogen-bond acceptors (Lipinski definition) is 1. The van der Waals surface area contributed by atoms with Crippen molar-refractivity contribution in [3.63, 3.8) is 0 Å². The molecule has 0 fully saturated rings. The van der Waals surface area contributed by atoms with Crippen LogP contribution in [0, 0.1) is 6.92 Å². The summed E-state index contributed by atoms with van der Waals surface area (Å²) in [5.74, 6) is 0. The van der Waals surface area contributed by atoms with Gasteiger partial charge in [-0.2, -0.15) is 0 Å². The van der Waals surface area contributed by atoms with Gasteiger partial charge >= 0.3 is 0 Å². The van der Waals surface area contributed by atoms with E-state index in [1.54, 1.807) is 0 Å². The van der Waals surface area contributed by atoms with Gasteiger partial charge in [0, 0.05) is 19.5 Å². The number of nitrogens with one attached hydrogen (secondary N) is 1. The van der Waals surface area contributed by atoms with Crippen molar-refractivity contribution < 1.29 is 0 Å². The first-order valence-electron chi connectivity index (χ1n) is 5.95. The minimum Gasteiger partial charge on any atom is -0.377 e. The zero-order valence-corrected chi connectivity index (χ0v) is 15.4. The molecule has 1 N–H and O–H groups in total. The van der Waals surface area contributed by atoms with Gasteiger partial charge in [-0.1, -0.05) is 45.8 Å². The number of hydrogen-bond donors (Lipinski definition) is 1. The molecule has 0 aliphatic rings. The molecule has 19 heavy (non-hydrogen) atoms. The summed E-state index contributed by atoms with van der Waals surface area (Å²) >= 11 is 10.7. The van der Waals surface area contributed by atoms with Crippen LogP contribution in [0.15, 0.2) is 49.8 Å². The molecule has 100 valence electrons. The van der Waals surface area contributed by atoms with Crippen molar-refractivity contribution >= 4 is 53.5 Å². The van der Waals surface area contributed by atoms with Crippen molar-refractivity contribution in [3.05, 3.63) is 60.9 Å². The Hall–Kier alpha value is -0.320. The van der Waals surface area contributed by atoms with E-state index in [1.807, 2.05) is 12.1 Å². The van der Waals surface area contributed by atoms with Gasteiger partial charge in [-0.05, 0) is 63.4 Å². The molecule has 0 amide bonds. The lowest BCUT2D eigenvalue weighted by atomic mass is 10.1. The second-order valence-electron chi connectivity index (χ2n) is 4.52. The van der Waals surface area contributed by atoms with Gasteiger partial charge in [0.05, 0.1) is 5.69 Å². The topological polar surface area (TPSA) is 12.0 Å². The van der Waals surface area contributed by atoms with E-state index < -0.39 is 0 Å². The Bertz CT molecular complexity index is 555. The van der Waals surface area contributed by atoms with Crippen LogP contribution in [0.5, 0.6) is 0 Å².